The van der Waals surface area contributed by atoms with Crippen molar-refractivity contribution in [2.75, 3.05) is 13.1 Å². The van der Waals surface area contributed by atoms with Crippen LogP contribution in [0.2, 0.25) is 0 Å². The van der Waals surface area contributed by atoms with Crippen molar-refractivity contribution in [2.45, 2.75) is 25.7 Å². The maximum absolute atomic E-state index is 13.9. The van der Waals surface area contributed by atoms with Crippen molar-refractivity contribution in [3.05, 3.63) is 75.8 Å². The van der Waals surface area contributed by atoms with Gasteiger partial charge in [-0.2, -0.15) is 13.2 Å². The molecule has 0 radical (unpaired) electrons. The molecule has 2 aromatic carbocycles. The highest BCUT2D eigenvalue weighted by molar-refractivity contribution is 5.78. The lowest BCUT2D eigenvalue weighted by atomic mass is 9.86. The van der Waals surface area contributed by atoms with E-state index in [0.717, 1.165) is 5.56 Å². The second kappa shape index (κ2) is 8.20. The number of carbonyl (C=O) groups is 1. The number of non-ortho nitro benzene ring substituents is 1. The molecule has 1 atom stereocenters. The van der Waals surface area contributed by atoms with Crippen LogP contribution in [0.15, 0.2) is 54.6 Å². The van der Waals surface area contributed by atoms with Crippen LogP contribution in [-0.4, -0.2) is 35.1 Å². The second-order valence-electron chi connectivity index (χ2n) is 7.03. The standard InChI is InChI=1S/C20H19F3N2O4/c21-20(22,23)19(9-10-24(14-19)12-15-5-2-1-3-6-15)18(26)29-13-16-7-4-8-17(11-16)25(27)28/h1-8,11H,9-10,12-14H2. The summed E-state index contributed by atoms with van der Waals surface area (Å²) >= 11 is 0. The maximum atomic E-state index is 13.9. The van der Waals surface area contributed by atoms with Crippen LogP contribution >= 0.6 is 0 Å². The van der Waals surface area contributed by atoms with E-state index in [4.69, 9.17) is 4.74 Å². The third-order valence-electron chi connectivity index (χ3n) is 5.02. The summed E-state index contributed by atoms with van der Waals surface area (Å²) in [5, 5.41) is 10.8. The van der Waals surface area contributed by atoms with E-state index in [2.05, 4.69) is 0 Å². The molecule has 0 amide bonds. The number of carbonyl (C=O) groups excluding carboxylic acids is 1. The van der Waals surface area contributed by atoms with Crippen molar-refractivity contribution in [1.82, 2.24) is 4.90 Å². The quantitative estimate of drug-likeness (QED) is 0.409. The van der Waals surface area contributed by atoms with Crippen molar-refractivity contribution in [1.29, 1.82) is 0 Å². The average molecular weight is 408 g/mol. The number of halogens is 3. The number of nitro groups is 1. The SMILES string of the molecule is O=C(OCc1cccc([N+](=O)[O-])c1)C1(C(F)(F)F)CCN(Cc2ccccc2)C1. The summed E-state index contributed by atoms with van der Waals surface area (Å²) in [6.45, 7) is -0.534. The minimum absolute atomic E-state index is 0.111. The number of ether oxygens (including phenoxy) is 1. The zero-order chi connectivity index (χ0) is 21.1. The highest BCUT2D eigenvalue weighted by Gasteiger charge is 2.64. The molecule has 1 aliphatic rings. The Bertz CT molecular complexity index is 889. The van der Waals surface area contributed by atoms with Gasteiger partial charge in [0.2, 0.25) is 0 Å². The van der Waals surface area contributed by atoms with Gasteiger partial charge in [-0.05, 0) is 17.5 Å². The Labute approximate surface area is 165 Å². The van der Waals surface area contributed by atoms with Crippen molar-refractivity contribution < 1.29 is 27.6 Å². The minimum Gasteiger partial charge on any atom is -0.460 e. The number of rotatable bonds is 6. The molecule has 0 saturated carbocycles. The summed E-state index contributed by atoms with van der Waals surface area (Å²) in [5.41, 5.74) is -1.72. The van der Waals surface area contributed by atoms with Gasteiger partial charge < -0.3 is 4.74 Å². The van der Waals surface area contributed by atoms with E-state index >= 15 is 0 Å². The third-order valence-corrected chi connectivity index (χ3v) is 5.02. The number of nitro benzene ring substituents is 1. The summed E-state index contributed by atoms with van der Waals surface area (Å²) in [6, 6.07) is 14.3. The summed E-state index contributed by atoms with van der Waals surface area (Å²) < 4.78 is 46.5. The van der Waals surface area contributed by atoms with Gasteiger partial charge in [-0.1, -0.05) is 42.5 Å². The molecule has 0 bridgehead atoms. The number of likely N-dealkylation sites (tertiary alicyclic amines) is 1. The molecule has 1 fully saturated rings. The van der Waals surface area contributed by atoms with E-state index in [1.165, 1.54) is 24.3 Å². The van der Waals surface area contributed by atoms with Gasteiger partial charge in [0, 0.05) is 31.8 Å². The van der Waals surface area contributed by atoms with Gasteiger partial charge in [-0.15, -0.1) is 0 Å². The van der Waals surface area contributed by atoms with E-state index in [1.807, 2.05) is 18.2 Å². The number of alkyl halides is 3. The van der Waals surface area contributed by atoms with Gasteiger partial charge in [-0.25, -0.2) is 0 Å². The molecule has 0 N–H and O–H groups in total. The minimum atomic E-state index is -4.77. The van der Waals surface area contributed by atoms with Crippen LogP contribution in [0.5, 0.6) is 0 Å². The highest BCUT2D eigenvalue weighted by Crippen LogP contribution is 2.47. The maximum Gasteiger partial charge on any atom is 0.406 e. The Morgan fingerprint density at radius 1 is 1.14 bits per heavy atom. The number of esters is 1. The van der Waals surface area contributed by atoms with Crippen LogP contribution in [0, 0.1) is 15.5 Å². The Morgan fingerprint density at radius 3 is 2.48 bits per heavy atom. The zero-order valence-electron chi connectivity index (χ0n) is 15.4. The Balaban J connectivity index is 1.71. The number of benzene rings is 2. The molecule has 2 aromatic rings. The van der Waals surface area contributed by atoms with Crippen LogP contribution < -0.4 is 0 Å². The van der Waals surface area contributed by atoms with E-state index in [-0.39, 0.29) is 17.8 Å². The summed E-state index contributed by atoms with van der Waals surface area (Å²) in [6.07, 6.45) is -5.16. The predicted octanol–water partition coefficient (Wildman–Crippen LogP) is 4.09. The molecule has 0 aliphatic carbocycles. The van der Waals surface area contributed by atoms with Crippen molar-refractivity contribution in [2.24, 2.45) is 5.41 Å². The summed E-state index contributed by atoms with van der Waals surface area (Å²) in [4.78, 5) is 24.3. The van der Waals surface area contributed by atoms with Gasteiger partial charge in [0.1, 0.15) is 6.61 Å². The van der Waals surface area contributed by atoms with Crippen molar-refractivity contribution in [3.63, 3.8) is 0 Å². The predicted molar refractivity (Wildman–Crippen MR) is 97.7 cm³/mol. The normalized spacial score (nSPS) is 19.8. The van der Waals surface area contributed by atoms with E-state index in [0.29, 0.717) is 6.54 Å². The fourth-order valence-corrected chi connectivity index (χ4v) is 3.43. The molecule has 1 heterocycles. The van der Waals surface area contributed by atoms with Crippen LogP contribution in [0.1, 0.15) is 17.5 Å². The lowest BCUT2D eigenvalue weighted by molar-refractivity contribution is -0.385. The fraction of sp³-hybridized carbons (Fsp3) is 0.350. The van der Waals surface area contributed by atoms with Gasteiger partial charge in [-0.3, -0.25) is 19.8 Å². The molecule has 0 aromatic heterocycles. The van der Waals surface area contributed by atoms with E-state index in [9.17, 15) is 28.1 Å². The number of nitrogens with zero attached hydrogens (tertiary/aromatic N) is 2. The van der Waals surface area contributed by atoms with Crippen LogP contribution in [0.3, 0.4) is 0 Å². The van der Waals surface area contributed by atoms with Gasteiger partial charge in [0.05, 0.1) is 4.92 Å². The molecular weight excluding hydrogens is 389 g/mol. The van der Waals surface area contributed by atoms with E-state index in [1.54, 1.807) is 17.0 Å². The highest BCUT2D eigenvalue weighted by atomic mass is 19.4. The molecule has 1 saturated heterocycles. The molecule has 6 nitrogen and oxygen atoms in total. The molecule has 1 aliphatic heterocycles. The van der Waals surface area contributed by atoms with Gasteiger partial charge >= 0.3 is 12.1 Å². The summed E-state index contributed by atoms with van der Waals surface area (Å²) in [5.74, 6) is -1.35. The molecule has 29 heavy (non-hydrogen) atoms. The first-order valence-electron chi connectivity index (χ1n) is 8.95. The molecule has 154 valence electrons. The fourth-order valence-electron chi connectivity index (χ4n) is 3.43. The molecule has 0 spiro atoms. The Kier molecular flexibility index (Phi) is 5.88. The Morgan fingerprint density at radius 2 is 1.83 bits per heavy atom. The zero-order valence-corrected chi connectivity index (χ0v) is 15.4. The lowest BCUT2D eigenvalue weighted by Crippen LogP contribution is -2.48. The van der Waals surface area contributed by atoms with Crippen molar-refractivity contribution >= 4 is 11.7 Å². The number of hydrogen-bond acceptors (Lipinski definition) is 5. The van der Waals surface area contributed by atoms with Crippen molar-refractivity contribution in [3.8, 4) is 0 Å². The van der Waals surface area contributed by atoms with Gasteiger partial charge in [0.25, 0.3) is 5.69 Å². The average Bonchev–Trinajstić information content (AvgIpc) is 3.12. The van der Waals surface area contributed by atoms with Crippen LogP contribution in [0.4, 0.5) is 18.9 Å². The largest absolute Gasteiger partial charge is 0.460 e. The Hall–Kier alpha value is -2.94. The molecular formula is C20H19F3N2O4. The first-order chi connectivity index (χ1) is 13.7. The lowest BCUT2D eigenvalue weighted by Gasteiger charge is -2.29. The number of hydrogen-bond donors (Lipinski definition) is 0. The summed E-state index contributed by atoms with van der Waals surface area (Å²) in [7, 11) is 0. The molecule has 9 heteroatoms. The first-order valence-corrected chi connectivity index (χ1v) is 8.95. The van der Waals surface area contributed by atoms with Crippen LogP contribution in [-0.2, 0) is 22.7 Å². The smallest absolute Gasteiger partial charge is 0.406 e. The first kappa shape index (κ1) is 20.8. The monoisotopic (exact) mass is 408 g/mol. The molecule has 1 unspecified atom stereocenters. The topological polar surface area (TPSA) is 72.7 Å². The van der Waals surface area contributed by atoms with Crippen LogP contribution in [0.25, 0.3) is 0 Å². The molecule has 3 rings (SSSR count). The third kappa shape index (κ3) is 4.56. The van der Waals surface area contributed by atoms with E-state index < -0.39 is 42.1 Å². The van der Waals surface area contributed by atoms with Gasteiger partial charge in [0.15, 0.2) is 5.41 Å². The second-order valence-corrected chi connectivity index (χ2v) is 7.03.